The fourth-order valence-corrected chi connectivity index (χ4v) is 2.86. The summed E-state index contributed by atoms with van der Waals surface area (Å²) >= 11 is 0. The van der Waals surface area contributed by atoms with Gasteiger partial charge in [-0.2, -0.15) is 0 Å². The van der Waals surface area contributed by atoms with Gasteiger partial charge in [-0.25, -0.2) is 0 Å². The summed E-state index contributed by atoms with van der Waals surface area (Å²) in [7, 11) is 1.76. The zero-order chi connectivity index (χ0) is 18.9. The summed E-state index contributed by atoms with van der Waals surface area (Å²) in [5.74, 6) is 2.30. The lowest BCUT2D eigenvalue weighted by Gasteiger charge is -2.27. The molecule has 7 heteroatoms. The predicted octanol–water partition coefficient (Wildman–Crippen LogP) is 3.35. The van der Waals surface area contributed by atoms with Gasteiger partial charge in [-0.3, -0.25) is 4.99 Å². The number of guanidine groups is 1. The van der Waals surface area contributed by atoms with E-state index >= 15 is 0 Å². The Bertz CT molecular complexity index is 770. The highest BCUT2D eigenvalue weighted by atomic mass is 127. The Labute approximate surface area is 183 Å². The molecule has 0 radical (unpaired) electrons. The van der Waals surface area contributed by atoms with Crippen molar-refractivity contribution in [1.82, 2.24) is 10.6 Å². The van der Waals surface area contributed by atoms with Gasteiger partial charge in [0.1, 0.15) is 12.7 Å². The van der Waals surface area contributed by atoms with Crippen molar-refractivity contribution in [1.29, 1.82) is 0 Å². The molecule has 1 heterocycles. The molecule has 0 fully saturated rings. The number of hydrogen-bond donors (Lipinski definition) is 2. The van der Waals surface area contributed by atoms with E-state index in [-0.39, 0.29) is 30.1 Å². The Morgan fingerprint density at radius 1 is 1.07 bits per heavy atom. The molecule has 6 nitrogen and oxygen atoms in total. The number of hydrogen-bond acceptors (Lipinski definition) is 4. The van der Waals surface area contributed by atoms with Crippen molar-refractivity contribution in [2.45, 2.75) is 26.2 Å². The first-order chi connectivity index (χ1) is 13.3. The second-order valence-corrected chi connectivity index (χ2v) is 6.21. The molecular weight excluding hydrogens is 469 g/mol. The van der Waals surface area contributed by atoms with Crippen LogP contribution in [0.4, 0.5) is 0 Å². The van der Waals surface area contributed by atoms with Crippen molar-refractivity contribution in [2.24, 2.45) is 4.99 Å². The van der Waals surface area contributed by atoms with E-state index < -0.39 is 0 Å². The van der Waals surface area contributed by atoms with Crippen LogP contribution in [0.15, 0.2) is 53.5 Å². The van der Waals surface area contributed by atoms with Crippen molar-refractivity contribution in [3.63, 3.8) is 0 Å². The van der Waals surface area contributed by atoms with Crippen LogP contribution >= 0.6 is 24.0 Å². The molecule has 2 N–H and O–H groups in total. The highest BCUT2D eigenvalue weighted by Gasteiger charge is 2.20. The smallest absolute Gasteiger partial charge is 0.191 e. The van der Waals surface area contributed by atoms with E-state index in [1.807, 2.05) is 43.3 Å². The fourth-order valence-electron chi connectivity index (χ4n) is 2.86. The number of nitrogens with one attached hydrogen (secondary N) is 2. The van der Waals surface area contributed by atoms with E-state index in [4.69, 9.17) is 14.2 Å². The summed E-state index contributed by atoms with van der Waals surface area (Å²) in [6.07, 6.45) is -0.0660. The molecular formula is C21H28IN3O3. The Morgan fingerprint density at radius 3 is 2.54 bits per heavy atom. The van der Waals surface area contributed by atoms with E-state index in [0.29, 0.717) is 32.9 Å². The van der Waals surface area contributed by atoms with Gasteiger partial charge in [-0.15, -0.1) is 24.0 Å². The number of fused-ring (bicyclic) bond motifs is 1. The van der Waals surface area contributed by atoms with Gasteiger partial charge in [0.25, 0.3) is 0 Å². The number of aliphatic imine (C=N–C) groups is 1. The summed E-state index contributed by atoms with van der Waals surface area (Å²) < 4.78 is 17.3. The minimum atomic E-state index is -0.0660. The first-order valence-electron chi connectivity index (χ1n) is 9.27. The number of para-hydroxylation sites is 2. The Morgan fingerprint density at radius 2 is 1.79 bits per heavy atom. The van der Waals surface area contributed by atoms with Crippen LogP contribution in [0.3, 0.4) is 0 Å². The SMILES string of the molecule is CCOCc1ccccc1CNC(=NC)NCC1COc2ccccc2O1.I. The van der Waals surface area contributed by atoms with Gasteiger partial charge < -0.3 is 24.8 Å². The summed E-state index contributed by atoms with van der Waals surface area (Å²) in [6, 6.07) is 16.0. The van der Waals surface area contributed by atoms with Gasteiger partial charge in [0, 0.05) is 20.2 Å². The molecule has 1 aliphatic heterocycles. The zero-order valence-electron chi connectivity index (χ0n) is 16.3. The summed E-state index contributed by atoms with van der Waals surface area (Å²) in [5.41, 5.74) is 2.38. The molecule has 0 amide bonds. The molecule has 0 bridgehead atoms. The summed E-state index contributed by atoms with van der Waals surface area (Å²) in [4.78, 5) is 4.29. The normalized spacial score (nSPS) is 15.5. The maximum atomic E-state index is 5.97. The minimum Gasteiger partial charge on any atom is -0.486 e. The zero-order valence-corrected chi connectivity index (χ0v) is 18.6. The maximum Gasteiger partial charge on any atom is 0.191 e. The van der Waals surface area contributed by atoms with Gasteiger partial charge in [-0.1, -0.05) is 36.4 Å². The van der Waals surface area contributed by atoms with E-state index in [2.05, 4.69) is 27.8 Å². The number of halogens is 1. The maximum absolute atomic E-state index is 5.97. The van der Waals surface area contributed by atoms with Crippen LogP contribution in [0, 0.1) is 0 Å². The molecule has 1 unspecified atom stereocenters. The van der Waals surface area contributed by atoms with Gasteiger partial charge in [0.05, 0.1) is 13.2 Å². The van der Waals surface area contributed by atoms with Gasteiger partial charge in [-0.05, 0) is 30.2 Å². The number of ether oxygens (including phenoxy) is 3. The van der Waals surface area contributed by atoms with E-state index in [0.717, 1.165) is 17.5 Å². The lowest BCUT2D eigenvalue weighted by atomic mass is 10.1. The largest absolute Gasteiger partial charge is 0.486 e. The van der Waals surface area contributed by atoms with Crippen LogP contribution in [0.25, 0.3) is 0 Å². The molecule has 0 aromatic heterocycles. The molecule has 0 aliphatic carbocycles. The quantitative estimate of drug-likeness (QED) is 0.349. The average Bonchev–Trinajstić information content (AvgIpc) is 2.73. The number of nitrogens with zero attached hydrogens (tertiary/aromatic N) is 1. The third-order valence-electron chi connectivity index (χ3n) is 4.31. The third-order valence-corrected chi connectivity index (χ3v) is 4.31. The highest BCUT2D eigenvalue weighted by Crippen LogP contribution is 2.30. The lowest BCUT2D eigenvalue weighted by Crippen LogP contribution is -2.45. The molecule has 3 rings (SSSR count). The van der Waals surface area contributed by atoms with E-state index in [1.54, 1.807) is 7.05 Å². The molecule has 28 heavy (non-hydrogen) atoms. The van der Waals surface area contributed by atoms with E-state index in [1.165, 1.54) is 11.1 Å². The van der Waals surface area contributed by atoms with Crippen molar-refractivity contribution in [2.75, 3.05) is 26.8 Å². The molecule has 0 saturated carbocycles. The topological polar surface area (TPSA) is 64.1 Å². The molecule has 2 aromatic rings. The summed E-state index contributed by atoms with van der Waals surface area (Å²) in [6.45, 7) is 5.12. The van der Waals surface area contributed by atoms with Crippen LogP contribution in [0.1, 0.15) is 18.1 Å². The molecule has 152 valence electrons. The second kappa shape index (κ2) is 11.8. The van der Waals surface area contributed by atoms with Gasteiger partial charge >= 0.3 is 0 Å². The predicted molar refractivity (Wildman–Crippen MR) is 122 cm³/mol. The van der Waals surface area contributed by atoms with Crippen LogP contribution < -0.4 is 20.1 Å². The van der Waals surface area contributed by atoms with Crippen molar-refractivity contribution >= 4 is 29.9 Å². The molecule has 1 aliphatic rings. The van der Waals surface area contributed by atoms with Gasteiger partial charge in [0.2, 0.25) is 0 Å². The molecule has 2 aromatic carbocycles. The van der Waals surface area contributed by atoms with E-state index in [9.17, 15) is 0 Å². The number of benzene rings is 2. The molecule has 0 spiro atoms. The Balaban J connectivity index is 0.00000280. The minimum absolute atomic E-state index is 0. The highest BCUT2D eigenvalue weighted by molar-refractivity contribution is 14.0. The molecule has 0 saturated heterocycles. The Hall–Kier alpha value is -2.00. The first-order valence-corrected chi connectivity index (χ1v) is 9.27. The number of rotatable bonds is 7. The monoisotopic (exact) mass is 497 g/mol. The second-order valence-electron chi connectivity index (χ2n) is 6.21. The molecule has 1 atom stereocenters. The van der Waals surface area contributed by atoms with Crippen LogP contribution in [0.2, 0.25) is 0 Å². The lowest BCUT2D eigenvalue weighted by molar-refractivity contribution is 0.0936. The van der Waals surface area contributed by atoms with Crippen molar-refractivity contribution in [3.05, 3.63) is 59.7 Å². The summed E-state index contributed by atoms with van der Waals surface area (Å²) in [5, 5.41) is 6.65. The van der Waals surface area contributed by atoms with Crippen molar-refractivity contribution < 1.29 is 14.2 Å². The first kappa shape index (κ1) is 22.3. The fraction of sp³-hybridized carbons (Fsp3) is 0.381. The van der Waals surface area contributed by atoms with Gasteiger partial charge in [0.15, 0.2) is 17.5 Å². The van der Waals surface area contributed by atoms with Crippen LogP contribution in [-0.4, -0.2) is 38.9 Å². The van der Waals surface area contributed by atoms with Crippen molar-refractivity contribution in [3.8, 4) is 11.5 Å². The average molecular weight is 497 g/mol. The van der Waals surface area contributed by atoms with Crippen LogP contribution in [-0.2, 0) is 17.9 Å². The third kappa shape index (κ3) is 6.27. The standard InChI is InChI=1S/C21H27N3O3.HI/c1-3-25-14-17-9-5-4-8-16(17)12-23-21(22-2)24-13-18-15-26-19-10-6-7-11-20(19)27-18;/h4-11,18H,3,12-15H2,1-2H3,(H2,22,23,24);1H. The van der Waals surface area contributed by atoms with Crippen LogP contribution in [0.5, 0.6) is 11.5 Å². The Kier molecular flexibility index (Phi) is 9.36.